The summed E-state index contributed by atoms with van der Waals surface area (Å²) in [5.74, 6) is 0.616. The molecule has 0 bridgehead atoms. The predicted octanol–water partition coefficient (Wildman–Crippen LogP) is 2.24. The van der Waals surface area contributed by atoms with Crippen LogP contribution in [-0.2, 0) is 0 Å². The van der Waals surface area contributed by atoms with Crippen LogP contribution in [0.1, 0.15) is 17.4 Å². The van der Waals surface area contributed by atoms with Crippen molar-refractivity contribution in [3.8, 4) is 11.8 Å². The van der Waals surface area contributed by atoms with Gasteiger partial charge < -0.3 is 14.6 Å². The van der Waals surface area contributed by atoms with Gasteiger partial charge in [0.1, 0.15) is 11.8 Å². The fraction of sp³-hybridized carbons (Fsp3) is 0.273. The average Bonchev–Trinajstić information content (AvgIpc) is 2.83. The van der Waals surface area contributed by atoms with Gasteiger partial charge in [0.25, 0.3) is 0 Å². The van der Waals surface area contributed by atoms with Crippen LogP contribution in [0.15, 0.2) is 17.6 Å². The first-order chi connectivity index (χ1) is 8.65. The quantitative estimate of drug-likeness (QED) is 0.827. The van der Waals surface area contributed by atoms with Crippen LogP contribution < -0.4 is 9.47 Å². The summed E-state index contributed by atoms with van der Waals surface area (Å²) in [5, 5.41) is 12.1. The second-order valence-corrected chi connectivity index (χ2v) is 6.20. The molecule has 7 heteroatoms. The van der Waals surface area contributed by atoms with Gasteiger partial charge in [0, 0.05) is 0 Å². The first-order valence-electron chi connectivity index (χ1n) is 5.02. The number of hydrogen-bond acceptors (Lipinski definition) is 6. The Morgan fingerprint density at radius 1 is 1.39 bits per heavy atom. The Bertz CT molecular complexity index is 547. The number of nitrogens with zero attached hydrogens (tertiary/aromatic N) is 2. The Hall–Kier alpha value is -0.930. The van der Waals surface area contributed by atoms with Gasteiger partial charge in [-0.15, -0.1) is 11.3 Å². The second-order valence-electron chi connectivity index (χ2n) is 3.39. The lowest BCUT2D eigenvalue weighted by Crippen LogP contribution is -2.06. The molecule has 0 saturated carbocycles. The van der Waals surface area contributed by atoms with Crippen LogP contribution in [0.2, 0.25) is 0 Å². The highest BCUT2D eigenvalue weighted by Gasteiger charge is 2.20. The number of aliphatic hydroxyl groups is 1. The minimum Gasteiger partial charge on any atom is -0.480 e. The zero-order chi connectivity index (χ0) is 13.1. The maximum atomic E-state index is 10.3. The van der Waals surface area contributed by atoms with Gasteiger partial charge in [-0.2, -0.15) is 4.98 Å². The van der Waals surface area contributed by atoms with Gasteiger partial charge in [-0.25, -0.2) is 4.98 Å². The predicted molar refractivity (Wildman–Crippen MR) is 76.2 cm³/mol. The van der Waals surface area contributed by atoms with E-state index in [1.165, 1.54) is 20.4 Å². The van der Waals surface area contributed by atoms with Crippen LogP contribution in [-0.4, -0.2) is 29.3 Å². The summed E-state index contributed by atoms with van der Waals surface area (Å²) in [7, 11) is 2.98. The minimum absolute atomic E-state index is 0.267. The number of hydrogen-bond donors (Lipinski definition) is 1. The summed E-state index contributed by atoms with van der Waals surface area (Å²) in [6.45, 7) is 0. The minimum atomic E-state index is -0.849. The van der Waals surface area contributed by atoms with Crippen LogP contribution in [0.4, 0.5) is 0 Å². The van der Waals surface area contributed by atoms with E-state index >= 15 is 0 Å². The number of rotatable bonds is 4. The van der Waals surface area contributed by atoms with E-state index in [4.69, 9.17) is 9.47 Å². The van der Waals surface area contributed by atoms with Gasteiger partial charge in [0.15, 0.2) is 0 Å². The number of thiophene rings is 1. The lowest BCUT2D eigenvalue weighted by atomic mass is 10.1. The van der Waals surface area contributed by atoms with Crippen LogP contribution in [0.5, 0.6) is 11.8 Å². The van der Waals surface area contributed by atoms with Crippen LogP contribution >= 0.6 is 33.9 Å². The monoisotopic (exact) mass is 378 g/mol. The zero-order valence-electron chi connectivity index (χ0n) is 9.75. The highest BCUT2D eigenvalue weighted by molar-refractivity contribution is 14.1. The summed E-state index contributed by atoms with van der Waals surface area (Å²) in [4.78, 5) is 8.24. The van der Waals surface area contributed by atoms with Crippen molar-refractivity contribution in [3.05, 3.63) is 31.8 Å². The van der Waals surface area contributed by atoms with E-state index in [0.29, 0.717) is 11.6 Å². The number of aliphatic hydroxyl groups excluding tert-OH is 1. The summed E-state index contributed by atoms with van der Waals surface area (Å²) >= 11 is 3.76. The third-order valence-electron chi connectivity index (χ3n) is 2.31. The molecule has 1 N–H and O–H groups in total. The first kappa shape index (κ1) is 13.5. The third-order valence-corrected chi connectivity index (χ3v) is 4.12. The zero-order valence-corrected chi connectivity index (χ0v) is 12.7. The second kappa shape index (κ2) is 5.81. The highest BCUT2D eigenvalue weighted by Crippen LogP contribution is 2.30. The van der Waals surface area contributed by atoms with Crippen molar-refractivity contribution >= 4 is 33.9 Å². The van der Waals surface area contributed by atoms with Gasteiger partial charge >= 0.3 is 0 Å². The fourth-order valence-electron chi connectivity index (χ4n) is 1.43. The molecule has 0 aliphatic heterocycles. The van der Waals surface area contributed by atoms with Crippen molar-refractivity contribution in [2.75, 3.05) is 14.2 Å². The summed E-state index contributed by atoms with van der Waals surface area (Å²) in [6, 6.07) is 1.90. The standard InChI is InChI=1S/C11H11IN2O3S/c1-16-8-4-13-9(11(14-8)17-2)10(15)6-3-7(12)18-5-6/h3-5,10,15H,1-2H3. The molecule has 0 saturated heterocycles. The Balaban J connectivity index is 2.38. The van der Waals surface area contributed by atoms with E-state index in [2.05, 4.69) is 32.6 Å². The van der Waals surface area contributed by atoms with E-state index < -0.39 is 6.10 Å². The average molecular weight is 378 g/mol. The summed E-state index contributed by atoms with van der Waals surface area (Å²) in [5.41, 5.74) is 1.16. The number of halogens is 1. The Kier molecular flexibility index (Phi) is 4.36. The van der Waals surface area contributed by atoms with Crippen LogP contribution in [0.3, 0.4) is 0 Å². The van der Waals surface area contributed by atoms with Crippen LogP contribution in [0, 0.1) is 2.88 Å². The van der Waals surface area contributed by atoms with E-state index in [1.807, 2.05) is 11.4 Å². The summed E-state index contributed by atoms with van der Waals surface area (Å²) in [6.07, 6.45) is 0.608. The smallest absolute Gasteiger partial charge is 0.241 e. The van der Waals surface area contributed by atoms with E-state index in [9.17, 15) is 5.11 Å². The van der Waals surface area contributed by atoms with Crippen LogP contribution in [0.25, 0.3) is 0 Å². The molecular formula is C11H11IN2O3S. The van der Waals surface area contributed by atoms with Crippen molar-refractivity contribution in [2.45, 2.75) is 6.10 Å². The molecule has 0 spiro atoms. The normalized spacial score (nSPS) is 12.2. The molecule has 0 radical (unpaired) electrons. The first-order valence-corrected chi connectivity index (χ1v) is 6.98. The summed E-state index contributed by atoms with van der Waals surface area (Å²) < 4.78 is 11.2. The molecule has 0 aliphatic carbocycles. The molecule has 0 aromatic carbocycles. The molecule has 5 nitrogen and oxygen atoms in total. The van der Waals surface area contributed by atoms with Gasteiger partial charge in [-0.1, -0.05) is 0 Å². The van der Waals surface area contributed by atoms with Crippen molar-refractivity contribution in [1.29, 1.82) is 0 Å². The van der Waals surface area contributed by atoms with Crippen molar-refractivity contribution in [2.24, 2.45) is 0 Å². The number of ether oxygens (including phenoxy) is 2. The number of methoxy groups -OCH3 is 2. The molecule has 2 rings (SSSR count). The van der Waals surface area contributed by atoms with Gasteiger partial charge in [-0.05, 0) is 39.6 Å². The van der Waals surface area contributed by atoms with Gasteiger partial charge in [0.2, 0.25) is 11.8 Å². The molecule has 1 atom stereocenters. The molecule has 0 aliphatic rings. The molecule has 2 heterocycles. The van der Waals surface area contributed by atoms with E-state index in [0.717, 1.165) is 8.45 Å². The molecule has 2 aromatic rings. The third kappa shape index (κ3) is 2.73. The highest BCUT2D eigenvalue weighted by atomic mass is 127. The molecular weight excluding hydrogens is 367 g/mol. The van der Waals surface area contributed by atoms with Gasteiger partial charge in [-0.3, -0.25) is 0 Å². The molecule has 1 unspecified atom stereocenters. The van der Waals surface area contributed by atoms with E-state index in [-0.39, 0.29) is 5.88 Å². The topological polar surface area (TPSA) is 64.5 Å². The number of aromatic nitrogens is 2. The SMILES string of the molecule is COc1cnc(C(O)c2csc(I)c2)c(OC)n1. The molecule has 0 amide bonds. The molecule has 2 aromatic heterocycles. The largest absolute Gasteiger partial charge is 0.480 e. The molecule has 0 fully saturated rings. The Labute approximate surface area is 122 Å². The Morgan fingerprint density at radius 3 is 2.72 bits per heavy atom. The maximum absolute atomic E-state index is 10.3. The van der Waals surface area contributed by atoms with Crippen molar-refractivity contribution < 1.29 is 14.6 Å². The Morgan fingerprint density at radius 2 is 2.17 bits per heavy atom. The van der Waals surface area contributed by atoms with E-state index in [1.54, 1.807) is 11.3 Å². The van der Waals surface area contributed by atoms with Gasteiger partial charge in [0.05, 0.1) is 23.3 Å². The van der Waals surface area contributed by atoms with Crippen molar-refractivity contribution in [3.63, 3.8) is 0 Å². The lowest BCUT2D eigenvalue weighted by Gasteiger charge is -2.12. The lowest BCUT2D eigenvalue weighted by molar-refractivity contribution is 0.207. The van der Waals surface area contributed by atoms with Crippen molar-refractivity contribution in [1.82, 2.24) is 9.97 Å². The molecule has 96 valence electrons. The molecule has 18 heavy (non-hydrogen) atoms. The fourth-order valence-corrected chi connectivity index (χ4v) is 2.82. The maximum Gasteiger partial charge on any atom is 0.241 e.